The van der Waals surface area contributed by atoms with Gasteiger partial charge in [-0.05, 0) is 50.0 Å². The normalized spacial score (nSPS) is 34.3. The van der Waals surface area contributed by atoms with Crippen LogP contribution in [0.1, 0.15) is 46.5 Å². The van der Waals surface area contributed by atoms with Crippen LogP contribution in [0.15, 0.2) is 35.1 Å². The minimum absolute atomic E-state index is 0.00459. The summed E-state index contributed by atoms with van der Waals surface area (Å²) >= 11 is 0. The first-order chi connectivity index (χ1) is 11.1. The van der Waals surface area contributed by atoms with E-state index in [1.807, 2.05) is 6.92 Å². The van der Waals surface area contributed by atoms with Crippen LogP contribution in [0, 0.1) is 17.3 Å². The summed E-state index contributed by atoms with van der Waals surface area (Å²) in [6.07, 6.45) is 2.41. The molecule has 0 heterocycles. The molecule has 0 bridgehead atoms. The Labute approximate surface area is 142 Å². The van der Waals surface area contributed by atoms with Crippen molar-refractivity contribution in [1.82, 2.24) is 0 Å². The van der Waals surface area contributed by atoms with Gasteiger partial charge in [-0.3, -0.25) is 4.79 Å². The van der Waals surface area contributed by atoms with Crippen molar-refractivity contribution in [2.75, 3.05) is 0 Å². The van der Waals surface area contributed by atoms with Crippen molar-refractivity contribution in [1.29, 1.82) is 0 Å². The van der Waals surface area contributed by atoms with Gasteiger partial charge in [0, 0.05) is 18.4 Å². The lowest BCUT2D eigenvalue weighted by atomic mass is 9.52. The SMILES string of the molecule is C=C1CC(O)C2C(C)=C(O)C(=O)CC2(C)C1CCC(C)=CC(=O)O. The van der Waals surface area contributed by atoms with Gasteiger partial charge in [-0.1, -0.05) is 24.6 Å². The highest BCUT2D eigenvalue weighted by Gasteiger charge is 2.54. The Morgan fingerprint density at radius 2 is 2.08 bits per heavy atom. The van der Waals surface area contributed by atoms with Crippen LogP contribution >= 0.6 is 0 Å². The summed E-state index contributed by atoms with van der Waals surface area (Å²) in [7, 11) is 0. The number of allylic oxidation sites excluding steroid dienone is 2. The van der Waals surface area contributed by atoms with Crippen molar-refractivity contribution < 1.29 is 24.9 Å². The lowest BCUT2D eigenvalue weighted by Crippen LogP contribution is -2.51. The van der Waals surface area contributed by atoms with Gasteiger partial charge in [0.1, 0.15) is 0 Å². The Bertz CT molecular complexity index is 642. The fourth-order valence-electron chi connectivity index (χ4n) is 4.65. The second kappa shape index (κ2) is 6.55. The largest absolute Gasteiger partial charge is 0.504 e. The van der Waals surface area contributed by atoms with E-state index in [1.165, 1.54) is 6.08 Å². The third-order valence-corrected chi connectivity index (χ3v) is 5.70. The molecule has 0 amide bonds. The molecular weight excluding hydrogens is 308 g/mol. The molecule has 132 valence electrons. The Morgan fingerprint density at radius 3 is 2.67 bits per heavy atom. The van der Waals surface area contributed by atoms with E-state index >= 15 is 0 Å². The van der Waals surface area contributed by atoms with E-state index in [0.717, 1.165) is 11.1 Å². The van der Waals surface area contributed by atoms with Crippen molar-refractivity contribution in [2.24, 2.45) is 17.3 Å². The second-order valence-electron chi connectivity index (χ2n) is 7.46. The molecule has 4 unspecified atom stereocenters. The molecule has 5 nitrogen and oxygen atoms in total. The number of rotatable bonds is 4. The number of carbonyl (C=O) groups is 2. The van der Waals surface area contributed by atoms with E-state index in [-0.39, 0.29) is 29.8 Å². The molecule has 1 saturated carbocycles. The topological polar surface area (TPSA) is 94.8 Å². The number of Topliss-reactive ketones (excluding diaryl/α,β-unsaturated/α-hetero) is 1. The van der Waals surface area contributed by atoms with Gasteiger partial charge in [0.15, 0.2) is 11.5 Å². The van der Waals surface area contributed by atoms with Crippen LogP contribution in [-0.4, -0.2) is 33.2 Å². The monoisotopic (exact) mass is 334 g/mol. The zero-order chi connectivity index (χ0) is 18.2. The molecule has 2 aliphatic rings. The first-order valence-electron chi connectivity index (χ1n) is 8.26. The summed E-state index contributed by atoms with van der Waals surface area (Å²) in [5.41, 5.74) is 1.70. The highest BCUT2D eigenvalue weighted by Crippen LogP contribution is 2.56. The average Bonchev–Trinajstić information content (AvgIpc) is 2.43. The summed E-state index contributed by atoms with van der Waals surface area (Å²) in [5, 5.41) is 29.4. The van der Waals surface area contributed by atoms with E-state index in [9.17, 15) is 19.8 Å². The molecular formula is C19H26O5. The van der Waals surface area contributed by atoms with Gasteiger partial charge < -0.3 is 15.3 Å². The fraction of sp³-hybridized carbons (Fsp3) is 0.579. The summed E-state index contributed by atoms with van der Waals surface area (Å²) < 4.78 is 0. The molecule has 0 aliphatic heterocycles. The summed E-state index contributed by atoms with van der Waals surface area (Å²) in [5.74, 6) is -1.77. The smallest absolute Gasteiger partial charge is 0.328 e. The van der Waals surface area contributed by atoms with Crippen LogP contribution in [-0.2, 0) is 9.59 Å². The van der Waals surface area contributed by atoms with Crippen molar-refractivity contribution in [3.63, 3.8) is 0 Å². The Hall–Kier alpha value is -1.88. The number of ketones is 1. The first kappa shape index (κ1) is 18.5. The summed E-state index contributed by atoms with van der Waals surface area (Å²) in [6, 6.07) is 0. The minimum atomic E-state index is -0.967. The molecule has 1 fully saturated rings. The maximum absolute atomic E-state index is 12.2. The minimum Gasteiger partial charge on any atom is -0.504 e. The lowest BCUT2D eigenvalue weighted by Gasteiger charge is -2.53. The van der Waals surface area contributed by atoms with Crippen LogP contribution in [0.2, 0.25) is 0 Å². The van der Waals surface area contributed by atoms with Crippen molar-refractivity contribution in [3.05, 3.63) is 35.1 Å². The predicted molar refractivity (Wildman–Crippen MR) is 90.4 cm³/mol. The molecule has 4 atom stereocenters. The number of aliphatic hydroxyl groups is 2. The molecule has 0 aromatic carbocycles. The third kappa shape index (κ3) is 3.18. The number of carboxylic acid groups (broad SMARTS) is 1. The van der Waals surface area contributed by atoms with Gasteiger partial charge in [0.05, 0.1) is 6.10 Å². The van der Waals surface area contributed by atoms with E-state index in [0.29, 0.717) is 24.8 Å². The van der Waals surface area contributed by atoms with E-state index in [1.54, 1.807) is 13.8 Å². The van der Waals surface area contributed by atoms with Crippen molar-refractivity contribution in [3.8, 4) is 0 Å². The van der Waals surface area contributed by atoms with Crippen LogP contribution < -0.4 is 0 Å². The standard InChI is InChI=1S/C19H26O5/c1-10(7-16(22)23)5-6-13-11(2)8-14(20)17-12(3)18(24)15(21)9-19(13,17)4/h7,13-14,17,20,24H,2,5-6,8-9H2,1,3-4H3,(H,22,23). The van der Waals surface area contributed by atoms with Gasteiger partial charge in [0.2, 0.25) is 0 Å². The first-order valence-corrected chi connectivity index (χ1v) is 8.26. The van der Waals surface area contributed by atoms with Crippen LogP contribution in [0.4, 0.5) is 0 Å². The maximum atomic E-state index is 12.2. The maximum Gasteiger partial charge on any atom is 0.328 e. The van der Waals surface area contributed by atoms with Crippen LogP contribution in [0.25, 0.3) is 0 Å². The lowest BCUT2D eigenvalue weighted by molar-refractivity contribution is -0.131. The van der Waals surface area contributed by atoms with E-state index < -0.39 is 17.5 Å². The number of hydrogen-bond acceptors (Lipinski definition) is 4. The van der Waals surface area contributed by atoms with Gasteiger partial charge in [-0.2, -0.15) is 0 Å². The molecule has 24 heavy (non-hydrogen) atoms. The number of hydrogen-bond donors (Lipinski definition) is 3. The molecule has 3 N–H and O–H groups in total. The molecule has 0 radical (unpaired) electrons. The van der Waals surface area contributed by atoms with Gasteiger partial charge in [-0.15, -0.1) is 0 Å². The van der Waals surface area contributed by atoms with E-state index in [2.05, 4.69) is 6.58 Å². The van der Waals surface area contributed by atoms with Crippen LogP contribution in [0.5, 0.6) is 0 Å². The Morgan fingerprint density at radius 1 is 1.46 bits per heavy atom. The highest BCUT2D eigenvalue weighted by molar-refractivity contribution is 5.95. The quantitative estimate of drug-likeness (QED) is 0.542. The Kier molecular flexibility index (Phi) is 5.04. The Balaban J connectivity index is 2.33. The number of fused-ring (bicyclic) bond motifs is 1. The van der Waals surface area contributed by atoms with Crippen LogP contribution in [0.3, 0.4) is 0 Å². The van der Waals surface area contributed by atoms with Gasteiger partial charge in [0.25, 0.3) is 0 Å². The molecule has 5 heteroatoms. The molecule has 0 aromatic rings. The van der Waals surface area contributed by atoms with Gasteiger partial charge in [-0.25, -0.2) is 4.79 Å². The van der Waals surface area contributed by atoms with Gasteiger partial charge >= 0.3 is 5.97 Å². The third-order valence-electron chi connectivity index (χ3n) is 5.70. The predicted octanol–water partition coefficient (Wildman–Crippen LogP) is 3.16. The number of aliphatic hydroxyl groups excluding tert-OH is 2. The second-order valence-corrected chi connectivity index (χ2v) is 7.46. The zero-order valence-corrected chi connectivity index (χ0v) is 14.5. The molecule has 0 spiro atoms. The number of carboxylic acids is 1. The van der Waals surface area contributed by atoms with Crippen molar-refractivity contribution in [2.45, 2.75) is 52.6 Å². The molecule has 2 aliphatic carbocycles. The molecule has 0 saturated heterocycles. The summed E-state index contributed by atoms with van der Waals surface area (Å²) in [4.78, 5) is 23.0. The average molecular weight is 334 g/mol. The molecule has 0 aromatic heterocycles. The number of aliphatic carboxylic acids is 1. The van der Waals surface area contributed by atoms with E-state index in [4.69, 9.17) is 5.11 Å². The highest BCUT2D eigenvalue weighted by atomic mass is 16.4. The number of carbonyl (C=O) groups excluding carboxylic acids is 1. The zero-order valence-electron chi connectivity index (χ0n) is 14.5. The summed E-state index contributed by atoms with van der Waals surface area (Å²) in [6.45, 7) is 9.56. The fourth-order valence-corrected chi connectivity index (χ4v) is 4.65. The molecule has 2 rings (SSSR count). The van der Waals surface area contributed by atoms with Crippen molar-refractivity contribution >= 4 is 11.8 Å².